The molecule has 0 saturated carbocycles. The van der Waals surface area contributed by atoms with E-state index in [-0.39, 0.29) is 12.4 Å². The minimum atomic E-state index is -0.315. The summed E-state index contributed by atoms with van der Waals surface area (Å²) in [5.41, 5.74) is 2.75. The molecule has 54 valence electrons. The van der Waals surface area contributed by atoms with Gasteiger partial charge in [0.05, 0.1) is 12.7 Å². The van der Waals surface area contributed by atoms with Crippen LogP contribution >= 0.6 is 0 Å². The Hall–Kier alpha value is -1.27. The first-order chi connectivity index (χ1) is 4.81. The van der Waals surface area contributed by atoms with Gasteiger partial charge in [0.25, 0.3) is 0 Å². The van der Waals surface area contributed by atoms with E-state index in [0.717, 1.165) is 6.26 Å². The van der Waals surface area contributed by atoms with Gasteiger partial charge in [0.15, 0.2) is 0 Å². The molecular formula is C8H10O2. The normalized spacial score (nSPS) is 7.30. The molecule has 0 rings (SSSR count). The summed E-state index contributed by atoms with van der Waals surface area (Å²) in [6.45, 7) is 5.07. The number of hydrogen-bond acceptors (Lipinski definition) is 2. The molecule has 0 atom stereocenters. The molecule has 0 unspecified atom stereocenters. The van der Waals surface area contributed by atoms with E-state index in [1.807, 2.05) is 6.92 Å². The quantitative estimate of drug-likeness (QED) is 0.337. The summed E-state index contributed by atoms with van der Waals surface area (Å²) in [6.07, 6.45) is 4.69. The topological polar surface area (TPSA) is 26.3 Å². The summed E-state index contributed by atoms with van der Waals surface area (Å²) in [6, 6.07) is 0. The van der Waals surface area contributed by atoms with Gasteiger partial charge in [0, 0.05) is 0 Å². The molecule has 0 aliphatic rings. The van der Waals surface area contributed by atoms with E-state index >= 15 is 0 Å². The van der Waals surface area contributed by atoms with E-state index in [1.54, 1.807) is 12.2 Å². The zero-order valence-corrected chi connectivity index (χ0v) is 5.96. The van der Waals surface area contributed by atoms with Gasteiger partial charge in [-0.1, -0.05) is 6.58 Å². The SMILES string of the molecule is C=COC(=O)CC=C=CC. The lowest BCUT2D eigenvalue weighted by molar-refractivity contribution is -0.136. The van der Waals surface area contributed by atoms with Crippen LogP contribution in [0.1, 0.15) is 13.3 Å². The van der Waals surface area contributed by atoms with E-state index < -0.39 is 0 Å². The third-order valence-electron chi connectivity index (χ3n) is 0.768. The van der Waals surface area contributed by atoms with Crippen molar-refractivity contribution < 1.29 is 9.53 Å². The zero-order valence-electron chi connectivity index (χ0n) is 5.96. The molecule has 0 N–H and O–H groups in total. The highest BCUT2D eigenvalue weighted by molar-refractivity contribution is 5.71. The van der Waals surface area contributed by atoms with Crippen molar-refractivity contribution >= 4 is 5.97 Å². The number of hydrogen-bond donors (Lipinski definition) is 0. The van der Waals surface area contributed by atoms with Crippen molar-refractivity contribution in [3.05, 3.63) is 30.7 Å². The molecule has 0 aliphatic carbocycles. The largest absolute Gasteiger partial charge is 0.435 e. The van der Waals surface area contributed by atoms with Crippen molar-refractivity contribution in [3.63, 3.8) is 0 Å². The number of carbonyl (C=O) groups is 1. The maximum Gasteiger partial charge on any atom is 0.315 e. The highest BCUT2D eigenvalue weighted by atomic mass is 16.5. The lowest BCUT2D eigenvalue weighted by Gasteiger charge is -1.90. The predicted octanol–water partition coefficient (Wildman–Crippen LogP) is 1.79. The number of esters is 1. The fourth-order valence-electron chi connectivity index (χ4n) is 0.401. The zero-order chi connectivity index (χ0) is 7.82. The Bertz CT molecular complexity index is 174. The summed E-state index contributed by atoms with van der Waals surface area (Å²) in [5.74, 6) is -0.315. The van der Waals surface area contributed by atoms with Gasteiger partial charge in [-0.3, -0.25) is 4.79 Å². The Morgan fingerprint density at radius 2 is 2.50 bits per heavy atom. The monoisotopic (exact) mass is 138 g/mol. The summed E-state index contributed by atoms with van der Waals surface area (Å²) in [5, 5.41) is 0. The standard InChI is InChI=1S/C8H10O2/c1-3-5-6-7-8(9)10-4-2/h3-4,6H,2,7H2,1H3. The Kier molecular flexibility index (Phi) is 5.12. The van der Waals surface area contributed by atoms with E-state index in [4.69, 9.17) is 0 Å². The highest BCUT2D eigenvalue weighted by Gasteiger charge is 1.93. The van der Waals surface area contributed by atoms with Gasteiger partial charge >= 0.3 is 5.97 Å². The summed E-state index contributed by atoms with van der Waals surface area (Å²) < 4.78 is 4.43. The first-order valence-corrected chi connectivity index (χ1v) is 2.97. The Morgan fingerprint density at radius 1 is 1.80 bits per heavy atom. The van der Waals surface area contributed by atoms with E-state index in [1.165, 1.54) is 0 Å². The van der Waals surface area contributed by atoms with Crippen molar-refractivity contribution in [2.75, 3.05) is 0 Å². The van der Waals surface area contributed by atoms with Crippen LogP contribution in [-0.4, -0.2) is 5.97 Å². The second-order valence-electron chi connectivity index (χ2n) is 1.52. The van der Waals surface area contributed by atoms with Gasteiger partial charge in [-0.25, -0.2) is 0 Å². The van der Waals surface area contributed by atoms with Gasteiger partial charge in [0.2, 0.25) is 0 Å². The molecular weight excluding hydrogens is 128 g/mol. The average molecular weight is 138 g/mol. The Labute approximate surface area is 60.5 Å². The fourth-order valence-corrected chi connectivity index (χ4v) is 0.401. The van der Waals surface area contributed by atoms with Gasteiger partial charge < -0.3 is 4.74 Å². The fraction of sp³-hybridized carbons (Fsp3) is 0.250. The van der Waals surface area contributed by atoms with Crippen LogP contribution in [0.3, 0.4) is 0 Å². The third-order valence-corrected chi connectivity index (χ3v) is 0.768. The molecule has 0 aromatic rings. The lowest BCUT2D eigenvalue weighted by Crippen LogP contribution is -1.95. The summed E-state index contributed by atoms with van der Waals surface area (Å²) >= 11 is 0. The van der Waals surface area contributed by atoms with E-state index in [9.17, 15) is 4.79 Å². The maximum absolute atomic E-state index is 10.5. The van der Waals surface area contributed by atoms with Crippen molar-refractivity contribution in [2.45, 2.75) is 13.3 Å². The minimum absolute atomic E-state index is 0.246. The molecule has 2 heteroatoms. The highest BCUT2D eigenvalue weighted by Crippen LogP contribution is 1.86. The molecule has 10 heavy (non-hydrogen) atoms. The summed E-state index contributed by atoms with van der Waals surface area (Å²) in [4.78, 5) is 10.5. The second-order valence-corrected chi connectivity index (χ2v) is 1.52. The molecule has 0 saturated heterocycles. The van der Waals surface area contributed by atoms with Gasteiger partial charge in [-0.05, 0) is 19.1 Å². The number of carbonyl (C=O) groups excluding carboxylic acids is 1. The molecule has 0 heterocycles. The first kappa shape index (κ1) is 8.73. The van der Waals surface area contributed by atoms with Gasteiger partial charge in [-0.15, -0.1) is 5.73 Å². The Balaban J connectivity index is 3.58. The van der Waals surface area contributed by atoms with Gasteiger partial charge in [0.1, 0.15) is 0 Å². The molecule has 0 aromatic heterocycles. The van der Waals surface area contributed by atoms with Crippen molar-refractivity contribution in [2.24, 2.45) is 0 Å². The predicted molar refractivity (Wildman–Crippen MR) is 39.2 cm³/mol. The van der Waals surface area contributed by atoms with Crippen molar-refractivity contribution in [3.8, 4) is 0 Å². The number of ether oxygens (including phenoxy) is 1. The number of rotatable bonds is 3. The van der Waals surface area contributed by atoms with Crippen LogP contribution in [-0.2, 0) is 9.53 Å². The smallest absolute Gasteiger partial charge is 0.315 e. The first-order valence-electron chi connectivity index (χ1n) is 2.97. The van der Waals surface area contributed by atoms with Crippen LogP contribution in [0.15, 0.2) is 30.7 Å². The maximum atomic E-state index is 10.5. The Morgan fingerprint density at radius 3 is 3.00 bits per heavy atom. The lowest BCUT2D eigenvalue weighted by atomic mass is 10.4. The van der Waals surface area contributed by atoms with Crippen LogP contribution in [0.5, 0.6) is 0 Å². The molecule has 0 spiro atoms. The molecule has 0 bridgehead atoms. The summed E-state index contributed by atoms with van der Waals surface area (Å²) in [7, 11) is 0. The van der Waals surface area contributed by atoms with E-state index in [0.29, 0.717) is 0 Å². The van der Waals surface area contributed by atoms with Crippen molar-refractivity contribution in [1.82, 2.24) is 0 Å². The van der Waals surface area contributed by atoms with Crippen LogP contribution in [0.2, 0.25) is 0 Å². The van der Waals surface area contributed by atoms with Crippen molar-refractivity contribution in [1.29, 1.82) is 0 Å². The molecule has 0 aliphatic heterocycles. The van der Waals surface area contributed by atoms with E-state index in [2.05, 4.69) is 17.0 Å². The van der Waals surface area contributed by atoms with Crippen LogP contribution in [0.25, 0.3) is 0 Å². The van der Waals surface area contributed by atoms with Gasteiger partial charge in [-0.2, -0.15) is 0 Å². The third kappa shape index (κ3) is 4.88. The van der Waals surface area contributed by atoms with Crippen LogP contribution in [0.4, 0.5) is 0 Å². The van der Waals surface area contributed by atoms with Crippen LogP contribution in [0, 0.1) is 0 Å². The second kappa shape index (κ2) is 5.86. The molecule has 2 nitrogen and oxygen atoms in total. The molecule has 0 fully saturated rings. The van der Waals surface area contributed by atoms with Crippen LogP contribution < -0.4 is 0 Å². The molecule has 0 aromatic carbocycles. The molecule has 0 radical (unpaired) electrons. The minimum Gasteiger partial charge on any atom is -0.435 e. The average Bonchev–Trinajstić information content (AvgIpc) is 1.89. The molecule has 0 amide bonds.